The number of halogens is 2. The first-order chi connectivity index (χ1) is 8.54. The third kappa shape index (κ3) is 2.33. The molecule has 0 aliphatic carbocycles. The lowest BCUT2D eigenvalue weighted by Gasteiger charge is -2.25. The van der Waals surface area contributed by atoms with Crippen molar-refractivity contribution >= 4 is 17.5 Å². The van der Waals surface area contributed by atoms with E-state index in [9.17, 15) is 14.3 Å². The molecule has 2 rings (SSSR count). The van der Waals surface area contributed by atoms with Crippen molar-refractivity contribution < 1.29 is 14.3 Å². The maximum atomic E-state index is 13.1. The number of hydrogen-bond acceptors (Lipinski definition) is 3. The summed E-state index contributed by atoms with van der Waals surface area (Å²) in [5.74, 6) is -0.759. The number of pyridine rings is 1. The third-order valence-electron chi connectivity index (χ3n) is 3.37. The molecule has 0 spiro atoms. The zero-order valence-electron chi connectivity index (χ0n) is 9.94. The van der Waals surface area contributed by atoms with Gasteiger partial charge in [-0.1, -0.05) is 18.5 Å². The fourth-order valence-corrected chi connectivity index (χ4v) is 2.45. The van der Waals surface area contributed by atoms with Gasteiger partial charge in [0, 0.05) is 6.54 Å². The molecule has 2 heterocycles. The SMILES string of the molecule is CC1CCN(C(=O)c2cc(F)cnc2Cl)C1CO. The summed E-state index contributed by atoms with van der Waals surface area (Å²) in [4.78, 5) is 17.4. The van der Waals surface area contributed by atoms with Crippen LogP contribution < -0.4 is 0 Å². The van der Waals surface area contributed by atoms with Crippen LogP contribution in [0, 0.1) is 11.7 Å². The van der Waals surface area contributed by atoms with Crippen molar-refractivity contribution in [2.45, 2.75) is 19.4 Å². The molecule has 1 amide bonds. The van der Waals surface area contributed by atoms with Crippen LogP contribution in [0.1, 0.15) is 23.7 Å². The number of carbonyl (C=O) groups excluding carboxylic acids is 1. The molecular formula is C12H14ClFN2O2. The summed E-state index contributed by atoms with van der Waals surface area (Å²) in [6.07, 6.45) is 1.78. The molecule has 4 nitrogen and oxygen atoms in total. The van der Waals surface area contributed by atoms with Crippen LogP contribution in [0.5, 0.6) is 0 Å². The molecular weight excluding hydrogens is 259 g/mol. The standard InChI is InChI=1S/C12H14ClFN2O2/c1-7-2-3-16(10(7)6-17)12(18)9-4-8(14)5-15-11(9)13/h4-5,7,10,17H,2-3,6H2,1H3. The number of carbonyl (C=O) groups is 1. The Balaban J connectivity index is 2.28. The Morgan fingerprint density at radius 2 is 2.44 bits per heavy atom. The Morgan fingerprint density at radius 1 is 1.72 bits per heavy atom. The number of nitrogens with zero attached hydrogens (tertiary/aromatic N) is 2. The van der Waals surface area contributed by atoms with Gasteiger partial charge in [-0.3, -0.25) is 4.79 Å². The highest BCUT2D eigenvalue weighted by Crippen LogP contribution is 2.27. The first kappa shape index (κ1) is 13.2. The van der Waals surface area contributed by atoms with Crippen LogP contribution in [0.3, 0.4) is 0 Å². The summed E-state index contributed by atoms with van der Waals surface area (Å²) in [5.41, 5.74) is 0.0456. The molecule has 0 saturated carbocycles. The highest BCUT2D eigenvalue weighted by Gasteiger charge is 2.35. The van der Waals surface area contributed by atoms with Crippen molar-refractivity contribution in [3.63, 3.8) is 0 Å². The Morgan fingerprint density at radius 3 is 3.11 bits per heavy atom. The van der Waals surface area contributed by atoms with Gasteiger partial charge in [-0.05, 0) is 18.4 Å². The van der Waals surface area contributed by atoms with Gasteiger partial charge in [-0.15, -0.1) is 0 Å². The summed E-state index contributed by atoms with van der Waals surface area (Å²) < 4.78 is 13.1. The summed E-state index contributed by atoms with van der Waals surface area (Å²) in [6.45, 7) is 2.41. The van der Waals surface area contributed by atoms with E-state index < -0.39 is 5.82 Å². The largest absolute Gasteiger partial charge is 0.394 e. The molecule has 1 aliphatic heterocycles. The molecule has 2 unspecified atom stereocenters. The molecule has 0 aromatic carbocycles. The molecule has 6 heteroatoms. The maximum Gasteiger partial charge on any atom is 0.257 e. The van der Waals surface area contributed by atoms with E-state index in [-0.39, 0.29) is 35.2 Å². The smallest absolute Gasteiger partial charge is 0.257 e. The first-order valence-electron chi connectivity index (χ1n) is 5.77. The average molecular weight is 273 g/mol. The lowest BCUT2D eigenvalue weighted by atomic mass is 10.0. The summed E-state index contributed by atoms with van der Waals surface area (Å²) in [5, 5.41) is 9.29. The van der Waals surface area contributed by atoms with Gasteiger partial charge in [0.15, 0.2) is 0 Å². The quantitative estimate of drug-likeness (QED) is 0.834. The molecule has 1 saturated heterocycles. The number of likely N-dealkylation sites (tertiary alicyclic amines) is 1. The monoisotopic (exact) mass is 272 g/mol. The van der Waals surface area contributed by atoms with E-state index >= 15 is 0 Å². The summed E-state index contributed by atoms with van der Waals surface area (Å²) >= 11 is 5.81. The fraction of sp³-hybridized carbons (Fsp3) is 0.500. The van der Waals surface area contributed by atoms with E-state index in [1.54, 1.807) is 0 Å². The van der Waals surface area contributed by atoms with Gasteiger partial charge < -0.3 is 10.0 Å². The first-order valence-corrected chi connectivity index (χ1v) is 6.15. The van der Waals surface area contributed by atoms with Crippen molar-refractivity contribution in [1.29, 1.82) is 0 Å². The number of aliphatic hydroxyl groups is 1. The summed E-state index contributed by atoms with van der Waals surface area (Å²) in [6, 6.07) is 0.839. The number of hydrogen-bond donors (Lipinski definition) is 1. The lowest BCUT2D eigenvalue weighted by molar-refractivity contribution is 0.0647. The Bertz CT molecular complexity index is 469. The zero-order chi connectivity index (χ0) is 13.3. The number of aliphatic hydroxyl groups excluding tert-OH is 1. The van der Waals surface area contributed by atoms with E-state index in [0.29, 0.717) is 6.54 Å². The number of aromatic nitrogens is 1. The van der Waals surface area contributed by atoms with Crippen molar-refractivity contribution in [1.82, 2.24) is 9.88 Å². The Labute approximate surface area is 109 Å². The second kappa shape index (κ2) is 5.20. The normalized spacial score (nSPS) is 23.4. The van der Waals surface area contributed by atoms with E-state index in [0.717, 1.165) is 18.7 Å². The van der Waals surface area contributed by atoms with Gasteiger partial charge >= 0.3 is 0 Å². The highest BCUT2D eigenvalue weighted by atomic mass is 35.5. The average Bonchev–Trinajstić information content (AvgIpc) is 2.72. The molecule has 1 N–H and O–H groups in total. The molecule has 98 valence electrons. The van der Waals surface area contributed by atoms with Gasteiger partial charge in [-0.25, -0.2) is 9.37 Å². The second-order valence-electron chi connectivity index (χ2n) is 4.51. The molecule has 1 fully saturated rings. The van der Waals surface area contributed by atoms with Crippen LogP contribution in [-0.2, 0) is 0 Å². The van der Waals surface area contributed by atoms with Crippen molar-refractivity contribution in [2.75, 3.05) is 13.2 Å². The van der Waals surface area contributed by atoms with Gasteiger partial charge in [0.25, 0.3) is 5.91 Å². The van der Waals surface area contributed by atoms with Crippen molar-refractivity contribution in [3.05, 3.63) is 28.8 Å². The van der Waals surface area contributed by atoms with Crippen LogP contribution in [0.25, 0.3) is 0 Å². The predicted octanol–water partition coefficient (Wildman–Crippen LogP) is 1.72. The Hall–Kier alpha value is -1.20. The van der Waals surface area contributed by atoms with Crippen molar-refractivity contribution in [3.8, 4) is 0 Å². The topological polar surface area (TPSA) is 53.4 Å². The molecule has 18 heavy (non-hydrogen) atoms. The van der Waals surface area contributed by atoms with Crippen LogP contribution in [0.2, 0.25) is 5.15 Å². The lowest BCUT2D eigenvalue weighted by Crippen LogP contribution is -2.40. The van der Waals surface area contributed by atoms with Crippen LogP contribution >= 0.6 is 11.6 Å². The molecule has 0 bridgehead atoms. The van der Waals surface area contributed by atoms with Gasteiger partial charge in [-0.2, -0.15) is 0 Å². The van der Waals surface area contributed by atoms with Crippen LogP contribution in [-0.4, -0.2) is 40.1 Å². The van der Waals surface area contributed by atoms with Crippen molar-refractivity contribution in [2.24, 2.45) is 5.92 Å². The predicted molar refractivity (Wildman–Crippen MR) is 64.9 cm³/mol. The minimum atomic E-state index is -0.601. The number of rotatable bonds is 2. The zero-order valence-corrected chi connectivity index (χ0v) is 10.7. The minimum absolute atomic E-state index is 0.0161. The molecule has 0 radical (unpaired) electrons. The molecule has 1 aliphatic rings. The minimum Gasteiger partial charge on any atom is -0.394 e. The summed E-state index contributed by atoms with van der Waals surface area (Å²) in [7, 11) is 0. The number of amides is 1. The molecule has 2 atom stereocenters. The third-order valence-corrected chi connectivity index (χ3v) is 3.67. The maximum absolute atomic E-state index is 13.1. The van der Waals surface area contributed by atoms with Gasteiger partial charge in [0.1, 0.15) is 11.0 Å². The van der Waals surface area contributed by atoms with E-state index in [4.69, 9.17) is 11.6 Å². The fourth-order valence-electron chi connectivity index (χ4n) is 2.27. The van der Waals surface area contributed by atoms with E-state index in [1.807, 2.05) is 6.92 Å². The molecule has 1 aromatic heterocycles. The Kier molecular flexibility index (Phi) is 3.82. The van der Waals surface area contributed by atoms with E-state index in [1.165, 1.54) is 4.90 Å². The molecule has 1 aromatic rings. The van der Waals surface area contributed by atoms with E-state index in [2.05, 4.69) is 4.98 Å². The van der Waals surface area contributed by atoms with Crippen LogP contribution in [0.15, 0.2) is 12.3 Å². The van der Waals surface area contributed by atoms with Gasteiger partial charge in [0.05, 0.1) is 24.4 Å². The highest BCUT2D eigenvalue weighted by molar-refractivity contribution is 6.32. The van der Waals surface area contributed by atoms with Gasteiger partial charge in [0.2, 0.25) is 0 Å². The van der Waals surface area contributed by atoms with Crippen LogP contribution in [0.4, 0.5) is 4.39 Å². The second-order valence-corrected chi connectivity index (χ2v) is 4.86.